The van der Waals surface area contributed by atoms with E-state index in [1.165, 1.54) is 35.1 Å². The summed E-state index contributed by atoms with van der Waals surface area (Å²) in [5.74, 6) is 0.951. The number of fused-ring (bicyclic) bond motifs is 2. The van der Waals surface area contributed by atoms with Crippen LogP contribution in [0, 0.1) is 0 Å². The molecule has 0 radical (unpaired) electrons. The Bertz CT molecular complexity index is 462. The predicted octanol–water partition coefficient (Wildman–Crippen LogP) is 2.52. The lowest BCUT2D eigenvalue weighted by molar-refractivity contribution is 0.414. The fraction of sp³-hybridized carbons (Fsp3) is 0.429. The summed E-state index contributed by atoms with van der Waals surface area (Å²) in [5.41, 5.74) is 11.9. The molecule has 0 bridgehead atoms. The second-order valence-corrected chi connectivity index (χ2v) is 4.70. The van der Waals surface area contributed by atoms with Gasteiger partial charge >= 0.3 is 0 Å². The molecule has 1 unspecified atom stereocenters. The van der Waals surface area contributed by atoms with Crippen LogP contribution in [-0.2, 0) is 6.42 Å². The van der Waals surface area contributed by atoms with Gasteiger partial charge < -0.3 is 10.5 Å². The molecule has 0 aromatic heterocycles. The first kappa shape index (κ1) is 9.91. The van der Waals surface area contributed by atoms with Crippen LogP contribution in [0.4, 0.5) is 0 Å². The predicted molar refractivity (Wildman–Crippen MR) is 65.4 cm³/mol. The van der Waals surface area contributed by atoms with E-state index >= 15 is 0 Å². The first-order valence-corrected chi connectivity index (χ1v) is 5.94. The molecule has 3 rings (SSSR count). The average Bonchev–Trinajstić information content (AvgIpc) is 2.68. The standard InChI is InChI=1S/C14H17NO/c1-16-10-6-5-9-7-13-11(12(9)8-10)3-2-4-14(13)15/h5-6,8,14H,2-4,7,15H2,1H3. The van der Waals surface area contributed by atoms with Crippen LogP contribution in [0.15, 0.2) is 23.8 Å². The molecule has 2 aliphatic carbocycles. The largest absolute Gasteiger partial charge is 0.497 e. The number of hydrogen-bond donors (Lipinski definition) is 1. The molecule has 0 aliphatic heterocycles. The molecule has 0 amide bonds. The van der Waals surface area contributed by atoms with Gasteiger partial charge in [0.15, 0.2) is 0 Å². The van der Waals surface area contributed by atoms with Crippen molar-refractivity contribution in [3.05, 3.63) is 34.9 Å². The van der Waals surface area contributed by atoms with Crippen LogP contribution in [0.2, 0.25) is 0 Å². The first-order chi connectivity index (χ1) is 7.79. The molecule has 0 saturated carbocycles. The van der Waals surface area contributed by atoms with Gasteiger partial charge in [-0.15, -0.1) is 0 Å². The summed E-state index contributed by atoms with van der Waals surface area (Å²) in [6.07, 6.45) is 4.60. The second kappa shape index (κ2) is 3.63. The fourth-order valence-electron chi connectivity index (χ4n) is 2.93. The summed E-state index contributed by atoms with van der Waals surface area (Å²) < 4.78 is 5.29. The molecule has 16 heavy (non-hydrogen) atoms. The molecule has 1 atom stereocenters. The van der Waals surface area contributed by atoms with Crippen LogP contribution in [-0.4, -0.2) is 13.2 Å². The average molecular weight is 215 g/mol. The molecule has 1 aromatic carbocycles. The zero-order chi connectivity index (χ0) is 11.1. The van der Waals surface area contributed by atoms with E-state index in [1.54, 1.807) is 7.11 Å². The minimum absolute atomic E-state index is 0.280. The molecule has 1 aromatic rings. The monoisotopic (exact) mass is 215 g/mol. The van der Waals surface area contributed by atoms with Gasteiger partial charge in [-0.2, -0.15) is 0 Å². The lowest BCUT2D eigenvalue weighted by Gasteiger charge is -2.21. The molecule has 0 heterocycles. The number of methoxy groups -OCH3 is 1. The molecule has 0 spiro atoms. The third kappa shape index (κ3) is 1.37. The fourth-order valence-corrected chi connectivity index (χ4v) is 2.93. The van der Waals surface area contributed by atoms with Gasteiger partial charge in [-0.3, -0.25) is 0 Å². The van der Waals surface area contributed by atoms with Crippen LogP contribution < -0.4 is 10.5 Å². The lowest BCUT2D eigenvalue weighted by atomic mass is 9.88. The van der Waals surface area contributed by atoms with Crippen molar-refractivity contribution in [1.82, 2.24) is 0 Å². The van der Waals surface area contributed by atoms with E-state index in [-0.39, 0.29) is 6.04 Å². The van der Waals surface area contributed by atoms with Crippen molar-refractivity contribution in [3.8, 4) is 5.75 Å². The van der Waals surface area contributed by atoms with Crippen molar-refractivity contribution in [3.63, 3.8) is 0 Å². The van der Waals surface area contributed by atoms with Gasteiger partial charge in [0.05, 0.1) is 7.11 Å². The summed E-state index contributed by atoms with van der Waals surface area (Å²) in [4.78, 5) is 0. The molecule has 2 N–H and O–H groups in total. The Balaban J connectivity index is 2.08. The van der Waals surface area contributed by atoms with Gasteiger partial charge in [0.1, 0.15) is 5.75 Å². The molecule has 2 aliphatic rings. The Hall–Kier alpha value is -1.28. The van der Waals surface area contributed by atoms with Gasteiger partial charge in [-0.25, -0.2) is 0 Å². The molecule has 84 valence electrons. The molecule has 2 nitrogen and oxygen atoms in total. The van der Waals surface area contributed by atoms with Crippen LogP contribution in [0.25, 0.3) is 5.57 Å². The normalized spacial score (nSPS) is 23.0. The van der Waals surface area contributed by atoms with Crippen molar-refractivity contribution in [2.45, 2.75) is 31.7 Å². The number of ether oxygens (including phenoxy) is 1. The van der Waals surface area contributed by atoms with E-state index < -0.39 is 0 Å². The van der Waals surface area contributed by atoms with E-state index in [4.69, 9.17) is 10.5 Å². The van der Waals surface area contributed by atoms with E-state index in [1.807, 2.05) is 6.07 Å². The Morgan fingerprint density at radius 2 is 2.25 bits per heavy atom. The summed E-state index contributed by atoms with van der Waals surface area (Å²) in [6, 6.07) is 6.67. The van der Waals surface area contributed by atoms with Crippen molar-refractivity contribution in [1.29, 1.82) is 0 Å². The lowest BCUT2D eigenvalue weighted by Crippen LogP contribution is -2.25. The second-order valence-electron chi connectivity index (χ2n) is 4.70. The summed E-state index contributed by atoms with van der Waals surface area (Å²) in [5, 5.41) is 0. The Morgan fingerprint density at radius 3 is 3.06 bits per heavy atom. The highest BCUT2D eigenvalue weighted by atomic mass is 16.5. The van der Waals surface area contributed by atoms with Gasteiger partial charge in [-0.1, -0.05) is 6.07 Å². The minimum atomic E-state index is 0.280. The maximum absolute atomic E-state index is 6.18. The van der Waals surface area contributed by atoms with Crippen molar-refractivity contribution in [2.75, 3.05) is 7.11 Å². The molecule has 2 heteroatoms. The number of rotatable bonds is 1. The smallest absolute Gasteiger partial charge is 0.119 e. The van der Waals surface area contributed by atoms with Crippen LogP contribution in [0.3, 0.4) is 0 Å². The third-order valence-corrected chi connectivity index (χ3v) is 3.80. The maximum atomic E-state index is 6.18. The summed E-state index contributed by atoms with van der Waals surface area (Å²) >= 11 is 0. The van der Waals surface area contributed by atoms with Crippen molar-refractivity contribution < 1.29 is 4.74 Å². The van der Waals surface area contributed by atoms with E-state index in [9.17, 15) is 0 Å². The minimum Gasteiger partial charge on any atom is -0.497 e. The quantitative estimate of drug-likeness (QED) is 0.781. The summed E-state index contributed by atoms with van der Waals surface area (Å²) in [6.45, 7) is 0. The van der Waals surface area contributed by atoms with E-state index in [0.29, 0.717) is 0 Å². The molecule has 0 fully saturated rings. The van der Waals surface area contributed by atoms with Gasteiger partial charge in [0, 0.05) is 6.04 Å². The maximum Gasteiger partial charge on any atom is 0.119 e. The van der Waals surface area contributed by atoms with Gasteiger partial charge in [0.2, 0.25) is 0 Å². The van der Waals surface area contributed by atoms with E-state index in [0.717, 1.165) is 18.6 Å². The van der Waals surface area contributed by atoms with Gasteiger partial charge in [-0.05, 0) is 60.1 Å². The number of benzene rings is 1. The highest BCUT2D eigenvalue weighted by Crippen LogP contribution is 2.42. The van der Waals surface area contributed by atoms with Crippen molar-refractivity contribution >= 4 is 5.57 Å². The van der Waals surface area contributed by atoms with Gasteiger partial charge in [0.25, 0.3) is 0 Å². The highest BCUT2D eigenvalue weighted by Gasteiger charge is 2.28. The van der Waals surface area contributed by atoms with Crippen LogP contribution in [0.5, 0.6) is 5.75 Å². The first-order valence-electron chi connectivity index (χ1n) is 5.94. The van der Waals surface area contributed by atoms with E-state index in [2.05, 4.69) is 12.1 Å². The SMILES string of the molecule is COc1ccc2c(c1)C1=C(C2)C(N)CCC1. The van der Waals surface area contributed by atoms with Crippen molar-refractivity contribution in [2.24, 2.45) is 5.73 Å². The number of nitrogens with two attached hydrogens (primary N) is 1. The Morgan fingerprint density at radius 1 is 1.38 bits per heavy atom. The van der Waals surface area contributed by atoms with Crippen LogP contribution in [0.1, 0.15) is 30.4 Å². The number of hydrogen-bond acceptors (Lipinski definition) is 2. The Labute approximate surface area is 96.1 Å². The Kier molecular flexibility index (Phi) is 2.25. The molecule has 0 saturated heterocycles. The highest BCUT2D eigenvalue weighted by molar-refractivity contribution is 5.78. The molecular formula is C14H17NO. The van der Waals surface area contributed by atoms with Crippen LogP contribution >= 0.6 is 0 Å². The zero-order valence-electron chi connectivity index (χ0n) is 9.62. The third-order valence-electron chi connectivity index (χ3n) is 3.80. The molecular weight excluding hydrogens is 198 g/mol. The topological polar surface area (TPSA) is 35.2 Å². The summed E-state index contributed by atoms with van der Waals surface area (Å²) in [7, 11) is 1.72. The number of allylic oxidation sites excluding steroid dienone is 1. The zero-order valence-corrected chi connectivity index (χ0v) is 9.62.